The predicted molar refractivity (Wildman–Crippen MR) is 102 cm³/mol. The highest BCUT2D eigenvalue weighted by Crippen LogP contribution is 2.30. The van der Waals surface area contributed by atoms with E-state index in [9.17, 15) is 13.2 Å². The number of anilines is 1. The molecular weight excluding hydrogens is 383 g/mol. The van der Waals surface area contributed by atoms with Crippen LogP contribution in [0.4, 0.5) is 19.0 Å². The Morgan fingerprint density at radius 1 is 1.03 bits per heavy atom. The van der Waals surface area contributed by atoms with Crippen LogP contribution in [0, 0.1) is 0 Å². The van der Waals surface area contributed by atoms with Crippen molar-refractivity contribution in [1.82, 2.24) is 24.7 Å². The van der Waals surface area contributed by atoms with Gasteiger partial charge in [-0.15, -0.1) is 0 Å². The fourth-order valence-corrected chi connectivity index (χ4v) is 2.69. The van der Waals surface area contributed by atoms with E-state index in [0.717, 1.165) is 11.3 Å². The molecule has 0 aliphatic carbocycles. The molecule has 0 aliphatic rings. The standard InChI is InChI=1S/C19H14F3N7/c1-12(13-6-8-14(9-7-13)29-11-23-10-24-29)27-28-17-15-4-2-3-5-16(15)25-18(26-17)19(20,21)22/h2-11H,1H3,(H,25,26,28)/b27-12-. The van der Waals surface area contributed by atoms with E-state index in [1.54, 1.807) is 36.1 Å². The van der Waals surface area contributed by atoms with Gasteiger partial charge in [-0.05, 0) is 36.8 Å². The van der Waals surface area contributed by atoms with E-state index in [1.807, 2.05) is 24.3 Å². The maximum Gasteiger partial charge on any atom is 0.451 e. The number of nitrogens with zero attached hydrogens (tertiary/aromatic N) is 6. The van der Waals surface area contributed by atoms with Gasteiger partial charge in [0.1, 0.15) is 12.7 Å². The molecule has 0 spiro atoms. The maximum absolute atomic E-state index is 13.1. The van der Waals surface area contributed by atoms with Gasteiger partial charge in [0.2, 0.25) is 5.82 Å². The van der Waals surface area contributed by atoms with Crippen LogP contribution in [0.25, 0.3) is 16.6 Å². The zero-order valence-corrected chi connectivity index (χ0v) is 15.1. The molecule has 1 N–H and O–H groups in total. The summed E-state index contributed by atoms with van der Waals surface area (Å²) in [7, 11) is 0. The molecular formula is C19H14F3N7. The number of para-hydroxylation sites is 1. The normalized spacial score (nSPS) is 12.3. The zero-order chi connectivity index (χ0) is 20.4. The van der Waals surface area contributed by atoms with Gasteiger partial charge in [0, 0.05) is 5.39 Å². The molecule has 0 saturated carbocycles. The molecule has 0 bridgehead atoms. The average molecular weight is 397 g/mol. The van der Waals surface area contributed by atoms with Crippen molar-refractivity contribution < 1.29 is 13.2 Å². The van der Waals surface area contributed by atoms with Gasteiger partial charge >= 0.3 is 6.18 Å². The predicted octanol–water partition coefficient (Wildman–Crippen LogP) is 4.07. The summed E-state index contributed by atoms with van der Waals surface area (Å²) >= 11 is 0. The Morgan fingerprint density at radius 2 is 1.79 bits per heavy atom. The van der Waals surface area contributed by atoms with Crippen molar-refractivity contribution in [2.24, 2.45) is 5.10 Å². The third kappa shape index (κ3) is 3.91. The molecule has 10 heteroatoms. The summed E-state index contributed by atoms with van der Waals surface area (Å²) < 4.78 is 41.0. The molecule has 0 saturated heterocycles. The summed E-state index contributed by atoms with van der Waals surface area (Å²) in [5.74, 6) is -1.23. The van der Waals surface area contributed by atoms with Crippen LogP contribution in [-0.2, 0) is 6.18 Å². The number of alkyl halides is 3. The first-order valence-corrected chi connectivity index (χ1v) is 8.51. The Morgan fingerprint density at radius 3 is 2.48 bits per heavy atom. The van der Waals surface area contributed by atoms with Crippen LogP contribution in [0.2, 0.25) is 0 Å². The van der Waals surface area contributed by atoms with E-state index in [0.29, 0.717) is 11.1 Å². The van der Waals surface area contributed by atoms with Crippen LogP contribution in [0.3, 0.4) is 0 Å². The molecule has 0 atom stereocenters. The Hall–Kier alpha value is -3.82. The fraction of sp³-hybridized carbons (Fsp3) is 0.105. The third-order valence-corrected chi connectivity index (χ3v) is 4.15. The molecule has 0 radical (unpaired) electrons. The number of rotatable bonds is 4. The van der Waals surface area contributed by atoms with Crippen LogP contribution in [0.5, 0.6) is 0 Å². The van der Waals surface area contributed by atoms with Gasteiger partial charge in [-0.1, -0.05) is 24.3 Å². The second-order valence-corrected chi connectivity index (χ2v) is 6.11. The van der Waals surface area contributed by atoms with E-state index in [2.05, 4.69) is 30.6 Å². The number of benzene rings is 2. The van der Waals surface area contributed by atoms with Gasteiger partial charge in [-0.2, -0.15) is 23.4 Å². The molecule has 29 heavy (non-hydrogen) atoms. The van der Waals surface area contributed by atoms with Crippen molar-refractivity contribution in [1.29, 1.82) is 0 Å². The van der Waals surface area contributed by atoms with E-state index < -0.39 is 12.0 Å². The van der Waals surface area contributed by atoms with Crippen molar-refractivity contribution in [3.63, 3.8) is 0 Å². The summed E-state index contributed by atoms with van der Waals surface area (Å²) in [6.07, 6.45) is -1.64. The number of halogens is 3. The molecule has 7 nitrogen and oxygen atoms in total. The maximum atomic E-state index is 13.1. The van der Waals surface area contributed by atoms with Gasteiger partial charge in [0.15, 0.2) is 5.82 Å². The minimum Gasteiger partial charge on any atom is -0.260 e. The second-order valence-electron chi connectivity index (χ2n) is 6.11. The molecule has 4 rings (SSSR count). The second kappa shape index (κ2) is 7.30. The highest BCUT2D eigenvalue weighted by atomic mass is 19.4. The number of hydrazone groups is 1. The number of fused-ring (bicyclic) bond motifs is 1. The quantitative estimate of drug-likeness (QED) is 0.415. The van der Waals surface area contributed by atoms with Gasteiger partial charge in [-0.3, -0.25) is 5.43 Å². The first-order valence-electron chi connectivity index (χ1n) is 8.51. The first kappa shape index (κ1) is 18.5. The lowest BCUT2D eigenvalue weighted by molar-refractivity contribution is -0.144. The van der Waals surface area contributed by atoms with Gasteiger partial charge in [0.25, 0.3) is 0 Å². The molecule has 2 aromatic carbocycles. The van der Waals surface area contributed by atoms with Gasteiger partial charge in [0.05, 0.1) is 16.9 Å². The van der Waals surface area contributed by atoms with E-state index >= 15 is 0 Å². The molecule has 4 aromatic rings. The highest BCUT2D eigenvalue weighted by molar-refractivity contribution is 5.99. The summed E-state index contributed by atoms with van der Waals surface area (Å²) in [6.45, 7) is 1.74. The summed E-state index contributed by atoms with van der Waals surface area (Å²) in [5.41, 5.74) is 5.02. The largest absolute Gasteiger partial charge is 0.451 e. The molecule has 0 unspecified atom stereocenters. The average Bonchev–Trinajstić information content (AvgIpc) is 3.26. The fourth-order valence-electron chi connectivity index (χ4n) is 2.69. The van der Waals surface area contributed by atoms with Crippen molar-refractivity contribution in [3.05, 3.63) is 72.6 Å². The number of nitrogens with one attached hydrogen (secondary N) is 1. The summed E-state index contributed by atoms with van der Waals surface area (Å²) in [4.78, 5) is 11.1. The van der Waals surface area contributed by atoms with Crippen molar-refractivity contribution in [2.45, 2.75) is 13.1 Å². The summed E-state index contributed by atoms with van der Waals surface area (Å²) in [6, 6.07) is 13.8. The van der Waals surface area contributed by atoms with Crippen LogP contribution in [0.1, 0.15) is 18.3 Å². The van der Waals surface area contributed by atoms with Crippen LogP contribution < -0.4 is 5.43 Å². The zero-order valence-electron chi connectivity index (χ0n) is 15.1. The molecule has 0 aliphatic heterocycles. The Labute approximate surface area is 163 Å². The first-order chi connectivity index (χ1) is 13.9. The number of aromatic nitrogens is 5. The minimum atomic E-state index is -4.66. The molecule has 146 valence electrons. The SMILES string of the molecule is C/C(=N/Nc1nc(C(F)(F)F)nc2ccccc12)c1ccc(-n2cncn2)cc1. The minimum absolute atomic E-state index is 0.0125. The smallest absolute Gasteiger partial charge is 0.260 e. The van der Waals surface area contributed by atoms with E-state index in [1.165, 1.54) is 12.4 Å². The third-order valence-electron chi connectivity index (χ3n) is 4.15. The van der Waals surface area contributed by atoms with Gasteiger partial charge < -0.3 is 0 Å². The summed E-state index contributed by atoms with van der Waals surface area (Å²) in [5, 5.41) is 8.70. The van der Waals surface area contributed by atoms with Crippen molar-refractivity contribution >= 4 is 22.4 Å². The molecule has 2 aromatic heterocycles. The highest BCUT2D eigenvalue weighted by Gasteiger charge is 2.35. The lowest BCUT2D eigenvalue weighted by atomic mass is 10.1. The molecule has 0 fully saturated rings. The lowest BCUT2D eigenvalue weighted by Gasteiger charge is -2.10. The van der Waals surface area contributed by atoms with Crippen molar-refractivity contribution in [2.75, 3.05) is 5.43 Å². The van der Waals surface area contributed by atoms with E-state index in [4.69, 9.17) is 0 Å². The Bertz CT molecular complexity index is 1170. The van der Waals surface area contributed by atoms with E-state index in [-0.39, 0.29) is 11.3 Å². The number of hydrogen-bond acceptors (Lipinski definition) is 6. The van der Waals surface area contributed by atoms with Crippen molar-refractivity contribution in [3.8, 4) is 5.69 Å². The van der Waals surface area contributed by atoms with Crippen LogP contribution in [0.15, 0.2) is 66.3 Å². The van der Waals surface area contributed by atoms with Crippen LogP contribution >= 0.6 is 0 Å². The Kier molecular flexibility index (Phi) is 4.67. The lowest BCUT2D eigenvalue weighted by Crippen LogP contribution is -2.13. The van der Waals surface area contributed by atoms with Gasteiger partial charge in [-0.25, -0.2) is 19.6 Å². The van der Waals surface area contributed by atoms with Crippen LogP contribution in [-0.4, -0.2) is 30.4 Å². The Balaban J connectivity index is 1.63. The molecule has 2 heterocycles. The topological polar surface area (TPSA) is 80.9 Å². The molecule has 0 amide bonds. The monoisotopic (exact) mass is 397 g/mol. The number of hydrogen-bond donors (Lipinski definition) is 1.